The first-order valence-electron chi connectivity index (χ1n) is 12.1. The molecule has 9 heteroatoms. The SMILES string of the molecule is C=CCN(C(=O)C1N(CCCCCO)C(=O)[C@@H]2[C@@H](C(=O)O)[C@@]3(C)CCC12O3)c1ccc(OC)cc1. The van der Waals surface area contributed by atoms with Crippen molar-refractivity contribution in [2.24, 2.45) is 11.8 Å². The molecule has 0 aliphatic carbocycles. The number of hydrogen-bond acceptors (Lipinski definition) is 6. The summed E-state index contributed by atoms with van der Waals surface area (Å²) in [6.45, 7) is 6.10. The maximum atomic E-state index is 14.2. The summed E-state index contributed by atoms with van der Waals surface area (Å²) in [5.74, 6) is -2.99. The van der Waals surface area contributed by atoms with E-state index in [1.54, 1.807) is 49.3 Å². The number of unbranched alkanes of at least 4 members (excludes halogenated alkanes) is 2. The van der Waals surface area contributed by atoms with E-state index in [4.69, 9.17) is 14.6 Å². The van der Waals surface area contributed by atoms with E-state index in [0.717, 1.165) is 0 Å². The van der Waals surface area contributed by atoms with E-state index in [1.165, 1.54) is 4.90 Å². The molecule has 9 nitrogen and oxygen atoms in total. The van der Waals surface area contributed by atoms with Gasteiger partial charge in [0.15, 0.2) is 0 Å². The number of carbonyl (C=O) groups excluding carboxylic acids is 2. The Morgan fingerprint density at radius 2 is 1.97 bits per heavy atom. The normalized spacial score (nSPS) is 30.9. The second kappa shape index (κ2) is 9.62. The fraction of sp³-hybridized carbons (Fsp3) is 0.577. The van der Waals surface area contributed by atoms with Gasteiger partial charge in [-0.25, -0.2) is 0 Å². The number of anilines is 1. The average molecular weight is 487 g/mol. The van der Waals surface area contributed by atoms with E-state index in [0.29, 0.717) is 50.1 Å². The zero-order chi connectivity index (χ0) is 25.4. The number of amides is 2. The molecule has 2 unspecified atom stereocenters. The zero-order valence-electron chi connectivity index (χ0n) is 20.3. The van der Waals surface area contributed by atoms with E-state index in [9.17, 15) is 19.5 Å². The van der Waals surface area contributed by atoms with Crippen LogP contribution in [0.5, 0.6) is 5.75 Å². The van der Waals surface area contributed by atoms with E-state index in [1.807, 2.05) is 0 Å². The molecule has 2 N–H and O–H groups in total. The van der Waals surface area contributed by atoms with Gasteiger partial charge in [-0.3, -0.25) is 14.4 Å². The molecule has 3 saturated heterocycles. The Morgan fingerprint density at radius 1 is 1.26 bits per heavy atom. The number of aliphatic carboxylic acids is 1. The lowest BCUT2D eigenvalue weighted by atomic mass is 9.66. The van der Waals surface area contributed by atoms with Crippen LogP contribution in [0.3, 0.4) is 0 Å². The van der Waals surface area contributed by atoms with E-state index in [2.05, 4.69) is 6.58 Å². The lowest BCUT2D eigenvalue weighted by Crippen LogP contribution is -2.56. The summed E-state index contributed by atoms with van der Waals surface area (Å²) in [5, 5.41) is 19.2. The van der Waals surface area contributed by atoms with Crippen molar-refractivity contribution in [1.82, 2.24) is 4.90 Å². The van der Waals surface area contributed by atoms with Gasteiger partial charge in [0.25, 0.3) is 5.91 Å². The Labute approximate surface area is 205 Å². The fourth-order valence-electron chi connectivity index (χ4n) is 6.25. The number of aliphatic hydroxyl groups is 1. The van der Waals surface area contributed by atoms with Crippen molar-refractivity contribution < 1.29 is 34.1 Å². The molecule has 4 rings (SSSR count). The number of benzene rings is 1. The number of aliphatic hydroxyl groups excluding tert-OH is 1. The summed E-state index contributed by atoms with van der Waals surface area (Å²) in [7, 11) is 1.56. The first-order valence-corrected chi connectivity index (χ1v) is 12.1. The number of carboxylic acid groups (broad SMARTS) is 1. The highest BCUT2D eigenvalue weighted by Crippen LogP contribution is 2.63. The predicted molar refractivity (Wildman–Crippen MR) is 128 cm³/mol. The molecule has 5 atom stereocenters. The Hall–Kier alpha value is -2.91. The van der Waals surface area contributed by atoms with Crippen molar-refractivity contribution in [2.75, 3.05) is 31.7 Å². The molecule has 1 aromatic rings. The van der Waals surface area contributed by atoms with Gasteiger partial charge in [-0.2, -0.15) is 0 Å². The molecule has 3 fully saturated rings. The zero-order valence-corrected chi connectivity index (χ0v) is 20.3. The molecule has 35 heavy (non-hydrogen) atoms. The number of carboxylic acids is 1. The number of hydrogen-bond donors (Lipinski definition) is 2. The van der Waals surface area contributed by atoms with Crippen molar-refractivity contribution in [3.05, 3.63) is 36.9 Å². The molecule has 2 amide bonds. The van der Waals surface area contributed by atoms with Crippen molar-refractivity contribution in [1.29, 1.82) is 0 Å². The number of fused-ring (bicyclic) bond motifs is 1. The van der Waals surface area contributed by atoms with Gasteiger partial charge in [-0.15, -0.1) is 6.58 Å². The highest BCUT2D eigenvalue weighted by molar-refractivity contribution is 6.04. The molecule has 190 valence electrons. The first kappa shape index (κ1) is 25.2. The highest BCUT2D eigenvalue weighted by atomic mass is 16.5. The van der Waals surface area contributed by atoms with E-state index >= 15 is 0 Å². The largest absolute Gasteiger partial charge is 0.497 e. The number of rotatable bonds is 11. The van der Waals surface area contributed by atoms with Crippen LogP contribution in [0.4, 0.5) is 5.69 Å². The van der Waals surface area contributed by atoms with Gasteiger partial charge in [-0.05, 0) is 63.3 Å². The molecule has 0 radical (unpaired) electrons. The highest BCUT2D eigenvalue weighted by Gasteiger charge is 2.78. The number of methoxy groups -OCH3 is 1. The molecule has 3 aliphatic heterocycles. The molecule has 3 aliphatic rings. The van der Waals surface area contributed by atoms with Crippen LogP contribution in [0, 0.1) is 11.8 Å². The molecule has 2 bridgehead atoms. The number of likely N-dealkylation sites (tertiary alicyclic amines) is 1. The smallest absolute Gasteiger partial charge is 0.310 e. The summed E-state index contributed by atoms with van der Waals surface area (Å²) < 4.78 is 11.7. The van der Waals surface area contributed by atoms with Crippen LogP contribution >= 0.6 is 0 Å². The molecule has 0 aromatic heterocycles. The van der Waals surface area contributed by atoms with Crippen molar-refractivity contribution in [2.45, 2.75) is 56.3 Å². The quantitative estimate of drug-likeness (QED) is 0.364. The van der Waals surface area contributed by atoms with Crippen molar-refractivity contribution in [3.63, 3.8) is 0 Å². The van der Waals surface area contributed by atoms with Crippen LogP contribution in [-0.2, 0) is 19.1 Å². The van der Waals surface area contributed by atoms with Gasteiger partial charge in [0, 0.05) is 25.4 Å². The second-order valence-electron chi connectivity index (χ2n) is 9.82. The minimum absolute atomic E-state index is 0.0516. The predicted octanol–water partition coefficient (Wildman–Crippen LogP) is 2.23. The van der Waals surface area contributed by atoms with Crippen LogP contribution in [-0.4, -0.2) is 76.9 Å². The molecular formula is C26H34N2O7. The molecule has 1 spiro atoms. The number of ether oxygens (including phenoxy) is 2. The van der Waals surface area contributed by atoms with Gasteiger partial charge < -0.3 is 29.5 Å². The molecule has 1 aromatic carbocycles. The van der Waals surface area contributed by atoms with Crippen LogP contribution < -0.4 is 9.64 Å². The van der Waals surface area contributed by atoms with Crippen LogP contribution in [0.1, 0.15) is 39.0 Å². The van der Waals surface area contributed by atoms with Gasteiger partial charge in [-0.1, -0.05) is 6.08 Å². The van der Waals surface area contributed by atoms with Crippen LogP contribution in [0.2, 0.25) is 0 Å². The Bertz CT molecular complexity index is 996. The van der Waals surface area contributed by atoms with E-state index < -0.39 is 35.0 Å². The number of nitrogens with zero attached hydrogens (tertiary/aromatic N) is 2. The molecule has 0 saturated carbocycles. The van der Waals surface area contributed by atoms with Crippen LogP contribution in [0.25, 0.3) is 0 Å². The standard InChI is InChI=1S/C26H34N2O7/c1-4-14-27(17-8-10-18(34-3)11-9-17)23(31)21-26-13-12-25(2,35-26)20(24(32)33)19(26)22(30)28(21)15-6-5-7-16-29/h4,8-11,19-21,29H,1,5-7,12-16H2,2-3H3,(H,32,33)/t19-,20-,21?,25+,26?/m0/s1. The molecular weight excluding hydrogens is 452 g/mol. The summed E-state index contributed by atoms with van der Waals surface area (Å²) in [4.78, 5) is 43.3. The lowest BCUT2D eigenvalue weighted by molar-refractivity contribution is -0.154. The summed E-state index contributed by atoms with van der Waals surface area (Å²) in [5.41, 5.74) is -1.55. The van der Waals surface area contributed by atoms with Crippen LogP contribution in [0.15, 0.2) is 36.9 Å². The van der Waals surface area contributed by atoms with Crippen molar-refractivity contribution in [3.8, 4) is 5.75 Å². The Morgan fingerprint density at radius 3 is 2.57 bits per heavy atom. The van der Waals surface area contributed by atoms with Gasteiger partial charge in [0.2, 0.25) is 5.91 Å². The third-order valence-corrected chi connectivity index (χ3v) is 7.80. The van der Waals surface area contributed by atoms with Gasteiger partial charge in [0.1, 0.15) is 17.4 Å². The first-order chi connectivity index (χ1) is 16.7. The minimum Gasteiger partial charge on any atom is -0.497 e. The van der Waals surface area contributed by atoms with Crippen molar-refractivity contribution >= 4 is 23.5 Å². The monoisotopic (exact) mass is 486 g/mol. The summed E-state index contributed by atoms with van der Waals surface area (Å²) in [6.07, 6.45) is 4.41. The fourth-order valence-corrected chi connectivity index (χ4v) is 6.25. The third kappa shape index (κ3) is 4.00. The maximum absolute atomic E-state index is 14.2. The third-order valence-electron chi connectivity index (χ3n) is 7.80. The maximum Gasteiger partial charge on any atom is 0.310 e. The Kier molecular flexibility index (Phi) is 6.92. The van der Waals surface area contributed by atoms with E-state index in [-0.39, 0.29) is 25.0 Å². The molecule has 3 heterocycles. The lowest BCUT2D eigenvalue weighted by Gasteiger charge is -2.36. The average Bonchev–Trinajstić information content (AvgIpc) is 3.41. The number of carbonyl (C=O) groups is 3. The second-order valence-corrected chi connectivity index (χ2v) is 9.82. The summed E-state index contributed by atoms with van der Waals surface area (Å²) >= 11 is 0. The minimum atomic E-state index is -1.19. The Balaban J connectivity index is 1.74. The van der Waals surface area contributed by atoms with Gasteiger partial charge >= 0.3 is 5.97 Å². The topological polar surface area (TPSA) is 117 Å². The summed E-state index contributed by atoms with van der Waals surface area (Å²) in [6, 6.07) is 6.11. The van der Waals surface area contributed by atoms with Gasteiger partial charge in [0.05, 0.1) is 24.5 Å².